The number of ether oxygens (including phenoxy) is 1. The van der Waals surface area contributed by atoms with Gasteiger partial charge in [-0.3, -0.25) is 4.79 Å². The molecule has 0 saturated carbocycles. The van der Waals surface area contributed by atoms with Gasteiger partial charge < -0.3 is 14.5 Å². The van der Waals surface area contributed by atoms with E-state index < -0.39 is 0 Å². The number of methoxy groups -OCH3 is 1. The Morgan fingerprint density at radius 1 is 1.23 bits per heavy atom. The molecule has 0 atom stereocenters. The number of furan rings is 1. The molecule has 3 rings (SSSR count). The van der Waals surface area contributed by atoms with Gasteiger partial charge in [0.05, 0.1) is 18.5 Å². The van der Waals surface area contributed by atoms with E-state index in [1.165, 1.54) is 0 Å². The van der Waals surface area contributed by atoms with Gasteiger partial charge in [0.15, 0.2) is 0 Å². The summed E-state index contributed by atoms with van der Waals surface area (Å²) in [7, 11) is 1.58. The largest absolute Gasteiger partial charge is 0.497 e. The molecule has 1 aromatic carbocycles. The van der Waals surface area contributed by atoms with Gasteiger partial charge in [0.1, 0.15) is 17.3 Å². The lowest BCUT2D eigenvalue weighted by Crippen LogP contribution is -2.22. The standard InChI is InChI=1S/C17H15NO3S/c1-20-13-5-2-4-12(10-13)17(19)18-11-14-7-8-15(21-14)16-6-3-9-22-16/h2-10H,11H2,1H3,(H,18,19). The predicted molar refractivity (Wildman–Crippen MR) is 86.2 cm³/mol. The fourth-order valence-electron chi connectivity index (χ4n) is 2.06. The molecule has 0 aliphatic rings. The molecule has 0 radical (unpaired) electrons. The smallest absolute Gasteiger partial charge is 0.251 e. The number of benzene rings is 1. The molecule has 0 fully saturated rings. The maximum atomic E-state index is 12.1. The van der Waals surface area contributed by atoms with Crippen LogP contribution in [-0.2, 0) is 6.54 Å². The van der Waals surface area contributed by atoms with E-state index >= 15 is 0 Å². The van der Waals surface area contributed by atoms with Gasteiger partial charge >= 0.3 is 0 Å². The van der Waals surface area contributed by atoms with Crippen LogP contribution >= 0.6 is 11.3 Å². The number of thiophene rings is 1. The summed E-state index contributed by atoms with van der Waals surface area (Å²) >= 11 is 1.62. The van der Waals surface area contributed by atoms with Crippen molar-refractivity contribution in [3.8, 4) is 16.4 Å². The van der Waals surface area contributed by atoms with E-state index in [2.05, 4.69) is 5.32 Å². The molecule has 2 heterocycles. The second kappa shape index (κ2) is 6.49. The summed E-state index contributed by atoms with van der Waals surface area (Å²) in [6, 6.07) is 14.8. The second-order valence-corrected chi connectivity index (χ2v) is 5.61. The van der Waals surface area contributed by atoms with E-state index in [0.717, 1.165) is 16.4 Å². The number of carbonyl (C=O) groups is 1. The van der Waals surface area contributed by atoms with E-state index in [1.807, 2.05) is 29.6 Å². The van der Waals surface area contributed by atoms with Crippen LogP contribution in [0.3, 0.4) is 0 Å². The van der Waals surface area contributed by atoms with Gasteiger partial charge in [0.25, 0.3) is 5.91 Å². The Labute approximate surface area is 132 Å². The number of amides is 1. The van der Waals surface area contributed by atoms with Crippen molar-refractivity contribution in [3.05, 3.63) is 65.2 Å². The second-order valence-electron chi connectivity index (χ2n) is 4.66. The van der Waals surface area contributed by atoms with Gasteiger partial charge in [0.2, 0.25) is 0 Å². The third kappa shape index (κ3) is 3.20. The molecule has 1 N–H and O–H groups in total. The number of carbonyl (C=O) groups excluding carboxylic acids is 1. The van der Waals surface area contributed by atoms with Gasteiger partial charge in [-0.2, -0.15) is 0 Å². The van der Waals surface area contributed by atoms with E-state index in [-0.39, 0.29) is 5.91 Å². The Hall–Kier alpha value is -2.53. The van der Waals surface area contributed by atoms with Gasteiger partial charge in [-0.1, -0.05) is 12.1 Å². The lowest BCUT2D eigenvalue weighted by Gasteiger charge is -2.05. The molecule has 2 aromatic heterocycles. The average Bonchev–Trinajstić information content (AvgIpc) is 3.23. The van der Waals surface area contributed by atoms with E-state index in [9.17, 15) is 4.79 Å². The molecule has 5 heteroatoms. The van der Waals surface area contributed by atoms with Crippen LogP contribution in [0.2, 0.25) is 0 Å². The molecule has 0 aliphatic carbocycles. The van der Waals surface area contributed by atoms with E-state index in [1.54, 1.807) is 42.7 Å². The zero-order valence-corrected chi connectivity index (χ0v) is 12.9. The van der Waals surface area contributed by atoms with Gasteiger partial charge in [-0.15, -0.1) is 11.3 Å². The lowest BCUT2D eigenvalue weighted by atomic mass is 10.2. The fraction of sp³-hybridized carbons (Fsp3) is 0.118. The van der Waals surface area contributed by atoms with Crippen LogP contribution in [0, 0.1) is 0 Å². The molecule has 3 aromatic rings. The van der Waals surface area contributed by atoms with Crippen molar-refractivity contribution in [1.82, 2.24) is 5.32 Å². The Morgan fingerprint density at radius 2 is 2.14 bits per heavy atom. The molecule has 0 saturated heterocycles. The first-order valence-corrected chi connectivity index (χ1v) is 7.69. The Morgan fingerprint density at radius 3 is 2.91 bits per heavy atom. The quantitative estimate of drug-likeness (QED) is 0.776. The average molecular weight is 313 g/mol. The molecular weight excluding hydrogens is 298 g/mol. The number of rotatable bonds is 5. The van der Waals surface area contributed by atoms with Crippen LogP contribution < -0.4 is 10.1 Å². The van der Waals surface area contributed by atoms with Crippen LogP contribution in [0.15, 0.2) is 58.3 Å². The number of hydrogen-bond donors (Lipinski definition) is 1. The third-order valence-electron chi connectivity index (χ3n) is 3.18. The van der Waals surface area contributed by atoms with Gasteiger partial charge in [-0.25, -0.2) is 0 Å². The molecule has 0 bridgehead atoms. The van der Waals surface area contributed by atoms with Gasteiger partial charge in [-0.05, 0) is 41.8 Å². The monoisotopic (exact) mass is 313 g/mol. The molecule has 22 heavy (non-hydrogen) atoms. The Bertz CT molecular complexity index is 762. The summed E-state index contributed by atoms with van der Waals surface area (Å²) in [4.78, 5) is 13.2. The van der Waals surface area contributed by atoms with Crippen molar-refractivity contribution in [2.24, 2.45) is 0 Å². The molecule has 112 valence electrons. The van der Waals surface area contributed by atoms with E-state index in [4.69, 9.17) is 9.15 Å². The van der Waals surface area contributed by atoms with Crippen LogP contribution in [0.4, 0.5) is 0 Å². The summed E-state index contributed by atoms with van der Waals surface area (Å²) in [5.74, 6) is 2.04. The fourth-order valence-corrected chi connectivity index (χ4v) is 2.74. The van der Waals surface area contributed by atoms with Crippen LogP contribution in [0.1, 0.15) is 16.1 Å². The summed E-state index contributed by atoms with van der Waals surface area (Å²) in [6.07, 6.45) is 0. The minimum Gasteiger partial charge on any atom is -0.497 e. The Balaban J connectivity index is 1.63. The maximum Gasteiger partial charge on any atom is 0.251 e. The highest BCUT2D eigenvalue weighted by atomic mass is 32.1. The zero-order chi connectivity index (χ0) is 15.4. The predicted octanol–water partition coefficient (Wildman–Crippen LogP) is 3.95. The summed E-state index contributed by atoms with van der Waals surface area (Å²) < 4.78 is 10.8. The summed E-state index contributed by atoms with van der Waals surface area (Å²) in [5.41, 5.74) is 0.560. The van der Waals surface area contributed by atoms with Crippen molar-refractivity contribution >= 4 is 17.2 Å². The number of nitrogens with one attached hydrogen (secondary N) is 1. The van der Waals surface area contributed by atoms with E-state index in [0.29, 0.717) is 17.9 Å². The van der Waals surface area contributed by atoms with Crippen LogP contribution in [0.5, 0.6) is 5.75 Å². The zero-order valence-electron chi connectivity index (χ0n) is 12.0. The van der Waals surface area contributed by atoms with Crippen molar-refractivity contribution in [1.29, 1.82) is 0 Å². The van der Waals surface area contributed by atoms with Crippen LogP contribution in [-0.4, -0.2) is 13.0 Å². The molecule has 0 aliphatic heterocycles. The normalized spacial score (nSPS) is 10.4. The minimum absolute atomic E-state index is 0.159. The molecule has 4 nitrogen and oxygen atoms in total. The lowest BCUT2D eigenvalue weighted by molar-refractivity contribution is 0.0948. The molecule has 1 amide bonds. The number of hydrogen-bond acceptors (Lipinski definition) is 4. The highest BCUT2D eigenvalue weighted by Gasteiger charge is 2.09. The van der Waals surface area contributed by atoms with Crippen molar-refractivity contribution in [3.63, 3.8) is 0 Å². The highest BCUT2D eigenvalue weighted by molar-refractivity contribution is 7.13. The first kappa shape index (κ1) is 14.4. The third-order valence-corrected chi connectivity index (χ3v) is 4.07. The van der Waals surface area contributed by atoms with Crippen molar-refractivity contribution in [2.45, 2.75) is 6.54 Å². The minimum atomic E-state index is -0.159. The molecule has 0 spiro atoms. The summed E-state index contributed by atoms with van der Waals surface area (Å²) in [6.45, 7) is 0.349. The van der Waals surface area contributed by atoms with Crippen molar-refractivity contribution in [2.75, 3.05) is 7.11 Å². The molecule has 0 unspecified atom stereocenters. The topological polar surface area (TPSA) is 51.5 Å². The van der Waals surface area contributed by atoms with Gasteiger partial charge in [0, 0.05) is 5.56 Å². The first-order chi connectivity index (χ1) is 10.8. The summed E-state index contributed by atoms with van der Waals surface area (Å²) in [5, 5.41) is 4.84. The van der Waals surface area contributed by atoms with Crippen molar-refractivity contribution < 1.29 is 13.9 Å². The van der Waals surface area contributed by atoms with Crippen LogP contribution in [0.25, 0.3) is 10.6 Å². The maximum absolute atomic E-state index is 12.1. The highest BCUT2D eigenvalue weighted by Crippen LogP contribution is 2.26. The first-order valence-electron chi connectivity index (χ1n) is 6.81. The Kier molecular flexibility index (Phi) is 4.25. The molecular formula is C17H15NO3S. The SMILES string of the molecule is COc1cccc(C(=O)NCc2ccc(-c3cccs3)o2)c1.